The zero-order chi connectivity index (χ0) is 12.1. The molecule has 1 aliphatic heterocycles. The summed E-state index contributed by atoms with van der Waals surface area (Å²) >= 11 is 0. The number of hydrogen-bond donors (Lipinski definition) is 2. The van der Waals surface area contributed by atoms with Gasteiger partial charge in [0.15, 0.2) is 0 Å². The second-order valence-corrected chi connectivity index (χ2v) is 4.60. The first kappa shape index (κ1) is 9.54. The molecule has 0 atom stereocenters. The Hall–Kier alpha value is -2.48. The minimum absolute atomic E-state index is 0.837. The number of hydrogen-bond acceptors (Lipinski definition) is 2. The fourth-order valence-electron chi connectivity index (χ4n) is 2.74. The summed E-state index contributed by atoms with van der Waals surface area (Å²) in [6, 6.07) is 18.6. The first-order valence-electron chi connectivity index (χ1n) is 6.02. The van der Waals surface area contributed by atoms with E-state index in [0.717, 1.165) is 22.6 Å². The third-order valence-corrected chi connectivity index (χ3v) is 3.54. The molecule has 0 unspecified atom stereocenters. The van der Waals surface area contributed by atoms with Crippen LogP contribution in [0, 0.1) is 0 Å². The zero-order valence-corrected chi connectivity index (χ0v) is 9.77. The maximum Gasteiger partial charge on any atom is 0.0471 e. The molecule has 1 aliphatic rings. The summed E-state index contributed by atoms with van der Waals surface area (Å²) in [7, 11) is 0. The van der Waals surface area contributed by atoms with Crippen LogP contribution in [0.15, 0.2) is 54.6 Å². The molecule has 4 rings (SSSR count). The lowest BCUT2D eigenvalue weighted by atomic mass is 9.91. The second-order valence-electron chi connectivity index (χ2n) is 4.60. The maximum absolute atomic E-state index is 6.19. The molecule has 0 saturated heterocycles. The molecule has 0 aromatic heterocycles. The molecule has 0 amide bonds. The van der Waals surface area contributed by atoms with Crippen LogP contribution >= 0.6 is 0 Å². The predicted octanol–water partition coefficient (Wildman–Crippen LogP) is 4.15. The van der Waals surface area contributed by atoms with Crippen LogP contribution < -0.4 is 11.1 Å². The molecule has 0 fully saturated rings. The molecule has 0 radical (unpaired) electrons. The molecular weight excluding hydrogens is 220 g/mol. The number of nitrogens with two attached hydrogens (primary N) is 1. The first-order chi connectivity index (χ1) is 8.84. The summed E-state index contributed by atoms with van der Waals surface area (Å²) in [5.41, 5.74) is 11.6. The van der Waals surface area contributed by atoms with Crippen LogP contribution in [0.1, 0.15) is 0 Å². The Balaban J connectivity index is 2.25. The maximum atomic E-state index is 6.19. The van der Waals surface area contributed by atoms with Gasteiger partial charge in [0.25, 0.3) is 0 Å². The highest BCUT2D eigenvalue weighted by atomic mass is 14.9. The van der Waals surface area contributed by atoms with Crippen LogP contribution in [0.3, 0.4) is 0 Å². The molecule has 0 bridgehead atoms. The SMILES string of the molecule is Nc1ccc2cccc3c2c1-c1ccccc1N3. The molecule has 0 spiro atoms. The van der Waals surface area contributed by atoms with Crippen molar-refractivity contribution < 1.29 is 0 Å². The van der Waals surface area contributed by atoms with Crippen LogP contribution in [-0.4, -0.2) is 0 Å². The third-order valence-electron chi connectivity index (χ3n) is 3.54. The molecule has 3 N–H and O–H groups in total. The Bertz CT molecular complexity index is 775. The van der Waals surface area contributed by atoms with Crippen molar-refractivity contribution in [2.75, 3.05) is 11.1 Å². The summed E-state index contributed by atoms with van der Waals surface area (Å²) in [6.07, 6.45) is 0. The Morgan fingerprint density at radius 2 is 1.61 bits per heavy atom. The van der Waals surface area contributed by atoms with Crippen LogP contribution in [0.2, 0.25) is 0 Å². The smallest absolute Gasteiger partial charge is 0.0471 e. The molecule has 2 nitrogen and oxygen atoms in total. The molecule has 86 valence electrons. The van der Waals surface area contributed by atoms with Gasteiger partial charge in [0, 0.05) is 33.6 Å². The van der Waals surface area contributed by atoms with Gasteiger partial charge >= 0.3 is 0 Å². The normalized spacial score (nSPS) is 12.0. The van der Waals surface area contributed by atoms with Crippen LogP contribution in [0.5, 0.6) is 0 Å². The number of benzene rings is 3. The van der Waals surface area contributed by atoms with E-state index in [9.17, 15) is 0 Å². The van der Waals surface area contributed by atoms with E-state index >= 15 is 0 Å². The van der Waals surface area contributed by atoms with Crippen LogP contribution in [-0.2, 0) is 0 Å². The van der Waals surface area contributed by atoms with E-state index in [-0.39, 0.29) is 0 Å². The van der Waals surface area contributed by atoms with Gasteiger partial charge in [-0.05, 0) is 23.6 Å². The summed E-state index contributed by atoms with van der Waals surface area (Å²) in [6.45, 7) is 0. The molecule has 3 aromatic carbocycles. The summed E-state index contributed by atoms with van der Waals surface area (Å²) in [5.74, 6) is 0. The zero-order valence-electron chi connectivity index (χ0n) is 9.77. The highest BCUT2D eigenvalue weighted by molar-refractivity contribution is 6.14. The van der Waals surface area contributed by atoms with Gasteiger partial charge in [-0.15, -0.1) is 0 Å². The standard InChI is InChI=1S/C16H12N2/c17-12-9-8-10-4-3-7-14-15(10)16(12)11-5-1-2-6-13(11)18-14/h1-9,18H,17H2. The average molecular weight is 232 g/mol. The van der Waals surface area contributed by atoms with E-state index in [4.69, 9.17) is 5.73 Å². The fraction of sp³-hybridized carbons (Fsp3) is 0. The van der Waals surface area contributed by atoms with Crippen molar-refractivity contribution in [2.45, 2.75) is 0 Å². The number of rotatable bonds is 0. The van der Waals surface area contributed by atoms with Crippen molar-refractivity contribution >= 4 is 27.8 Å². The quantitative estimate of drug-likeness (QED) is 0.447. The molecule has 0 aliphatic carbocycles. The van der Waals surface area contributed by atoms with Crippen molar-refractivity contribution in [3.63, 3.8) is 0 Å². The lowest BCUT2D eigenvalue weighted by Crippen LogP contribution is -2.03. The van der Waals surface area contributed by atoms with Gasteiger partial charge in [-0.1, -0.05) is 36.4 Å². The molecule has 2 heteroatoms. The molecule has 0 saturated carbocycles. The van der Waals surface area contributed by atoms with Gasteiger partial charge in [0.1, 0.15) is 0 Å². The van der Waals surface area contributed by atoms with Crippen molar-refractivity contribution in [1.82, 2.24) is 0 Å². The van der Waals surface area contributed by atoms with Gasteiger partial charge in [-0.3, -0.25) is 0 Å². The number of nitrogen functional groups attached to an aromatic ring is 1. The van der Waals surface area contributed by atoms with Gasteiger partial charge in [0.05, 0.1) is 0 Å². The number of fused-ring (bicyclic) bond motifs is 2. The third kappa shape index (κ3) is 1.12. The number of anilines is 3. The van der Waals surface area contributed by atoms with E-state index in [0.29, 0.717) is 0 Å². The molecule has 1 heterocycles. The van der Waals surface area contributed by atoms with Crippen LogP contribution in [0.25, 0.3) is 21.9 Å². The lowest BCUT2D eigenvalue weighted by molar-refractivity contribution is 1.53. The Morgan fingerprint density at radius 1 is 0.778 bits per heavy atom. The first-order valence-corrected chi connectivity index (χ1v) is 6.02. The van der Waals surface area contributed by atoms with Crippen LogP contribution in [0.4, 0.5) is 17.1 Å². The Labute approximate surface area is 105 Å². The fourth-order valence-corrected chi connectivity index (χ4v) is 2.74. The summed E-state index contributed by atoms with van der Waals surface area (Å²) < 4.78 is 0. The Kier molecular flexibility index (Phi) is 1.73. The van der Waals surface area contributed by atoms with Gasteiger partial charge in [0.2, 0.25) is 0 Å². The van der Waals surface area contributed by atoms with E-state index in [1.165, 1.54) is 16.3 Å². The highest BCUT2D eigenvalue weighted by Gasteiger charge is 2.19. The largest absolute Gasteiger partial charge is 0.398 e. The van der Waals surface area contributed by atoms with Crippen molar-refractivity contribution in [2.24, 2.45) is 0 Å². The van der Waals surface area contributed by atoms with Gasteiger partial charge < -0.3 is 11.1 Å². The van der Waals surface area contributed by atoms with Crippen molar-refractivity contribution in [3.05, 3.63) is 54.6 Å². The Morgan fingerprint density at radius 3 is 2.56 bits per heavy atom. The minimum Gasteiger partial charge on any atom is -0.398 e. The van der Waals surface area contributed by atoms with E-state index < -0.39 is 0 Å². The molecular formula is C16H12N2. The summed E-state index contributed by atoms with van der Waals surface area (Å²) in [5, 5.41) is 5.92. The second kappa shape index (κ2) is 3.26. The van der Waals surface area contributed by atoms with Crippen molar-refractivity contribution in [3.8, 4) is 11.1 Å². The monoisotopic (exact) mass is 232 g/mol. The van der Waals surface area contributed by atoms with E-state index in [1.54, 1.807) is 0 Å². The van der Waals surface area contributed by atoms with Gasteiger partial charge in [-0.2, -0.15) is 0 Å². The van der Waals surface area contributed by atoms with Gasteiger partial charge in [-0.25, -0.2) is 0 Å². The van der Waals surface area contributed by atoms with Crippen molar-refractivity contribution in [1.29, 1.82) is 0 Å². The number of para-hydroxylation sites is 1. The number of nitrogens with one attached hydrogen (secondary N) is 1. The lowest BCUT2D eigenvalue weighted by Gasteiger charge is -2.23. The molecule has 3 aromatic rings. The highest BCUT2D eigenvalue weighted by Crippen LogP contribution is 2.46. The van der Waals surface area contributed by atoms with E-state index in [1.807, 2.05) is 18.2 Å². The average Bonchev–Trinajstić information content (AvgIpc) is 2.41. The van der Waals surface area contributed by atoms with E-state index in [2.05, 4.69) is 41.7 Å². The summed E-state index contributed by atoms with van der Waals surface area (Å²) in [4.78, 5) is 0. The predicted molar refractivity (Wildman–Crippen MR) is 77.1 cm³/mol. The molecule has 18 heavy (non-hydrogen) atoms. The topological polar surface area (TPSA) is 38.0 Å². The minimum atomic E-state index is 0.837.